The minimum absolute atomic E-state index is 0.0732. The number of hydrogen-bond donors (Lipinski definition) is 1. The topological polar surface area (TPSA) is 75.7 Å². The van der Waals surface area contributed by atoms with Crippen LogP contribution in [0.4, 0.5) is 10.1 Å². The lowest BCUT2D eigenvalue weighted by molar-refractivity contribution is -0.120. The third-order valence-corrected chi connectivity index (χ3v) is 7.05. The molecule has 2 aromatic rings. The number of ether oxygens (including phenoxy) is 1. The second-order valence-corrected chi connectivity index (χ2v) is 9.40. The first kappa shape index (κ1) is 21.8. The average molecular weight is 461 g/mol. The van der Waals surface area contributed by atoms with Gasteiger partial charge in [-0.25, -0.2) is 12.8 Å². The zero-order chi connectivity index (χ0) is 21.2. The maximum atomic E-state index is 13.6. The first-order chi connectivity index (χ1) is 13.7. The summed E-state index contributed by atoms with van der Waals surface area (Å²) in [5, 5.41) is 3.56. The molecule has 3 rings (SSSR count). The fourth-order valence-electron chi connectivity index (χ4n) is 3.22. The highest BCUT2D eigenvalue weighted by Gasteiger charge is 2.34. The molecule has 1 amide bonds. The number of sulfonamides is 1. The summed E-state index contributed by atoms with van der Waals surface area (Å²) >= 11 is 11.9. The van der Waals surface area contributed by atoms with Gasteiger partial charge in [0.15, 0.2) is 0 Å². The second kappa shape index (κ2) is 8.87. The molecule has 0 spiro atoms. The van der Waals surface area contributed by atoms with Gasteiger partial charge >= 0.3 is 0 Å². The second-order valence-electron chi connectivity index (χ2n) is 6.62. The molecule has 29 heavy (non-hydrogen) atoms. The largest absolute Gasteiger partial charge is 0.495 e. The Hall–Kier alpha value is -1.87. The number of carbonyl (C=O) groups is 1. The van der Waals surface area contributed by atoms with E-state index in [-0.39, 0.29) is 35.6 Å². The van der Waals surface area contributed by atoms with Crippen molar-refractivity contribution in [2.45, 2.75) is 17.7 Å². The Morgan fingerprint density at radius 2 is 1.76 bits per heavy atom. The summed E-state index contributed by atoms with van der Waals surface area (Å²) in [7, 11) is -2.62. The van der Waals surface area contributed by atoms with Gasteiger partial charge in [-0.15, -0.1) is 0 Å². The summed E-state index contributed by atoms with van der Waals surface area (Å²) in [5.74, 6) is -1.19. The number of halogens is 3. The fourth-order valence-corrected chi connectivity index (χ4v) is 5.38. The summed E-state index contributed by atoms with van der Waals surface area (Å²) in [6, 6.07) is 8.08. The van der Waals surface area contributed by atoms with E-state index in [2.05, 4.69) is 5.32 Å². The van der Waals surface area contributed by atoms with Crippen LogP contribution in [-0.4, -0.2) is 38.8 Å². The Morgan fingerprint density at radius 3 is 2.34 bits per heavy atom. The van der Waals surface area contributed by atoms with Gasteiger partial charge in [0.05, 0.1) is 7.11 Å². The van der Waals surface area contributed by atoms with Crippen LogP contribution in [0.2, 0.25) is 10.0 Å². The molecule has 1 aliphatic heterocycles. The van der Waals surface area contributed by atoms with Crippen molar-refractivity contribution in [2.75, 3.05) is 25.5 Å². The normalized spacial score (nSPS) is 15.9. The van der Waals surface area contributed by atoms with Gasteiger partial charge in [-0.2, -0.15) is 4.31 Å². The number of nitrogens with zero attached hydrogens (tertiary/aromatic N) is 1. The summed E-state index contributed by atoms with van der Waals surface area (Å²) in [4.78, 5) is 12.3. The van der Waals surface area contributed by atoms with E-state index in [4.69, 9.17) is 27.9 Å². The summed E-state index contributed by atoms with van der Waals surface area (Å²) < 4.78 is 45.7. The van der Waals surface area contributed by atoms with E-state index in [1.54, 1.807) is 18.2 Å². The lowest BCUT2D eigenvalue weighted by atomic mass is 9.97. The molecule has 156 valence electrons. The smallest absolute Gasteiger partial charge is 0.246 e. The van der Waals surface area contributed by atoms with Crippen LogP contribution in [0.15, 0.2) is 41.3 Å². The quantitative estimate of drug-likeness (QED) is 0.725. The van der Waals surface area contributed by atoms with Crippen molar-refractivity contribution < 1.29 is 22.3 Å². The molecule has 1 saturated heterocycles. The minimum Gasteiger partial charge on any atom is -0.495 e. The third kappa shape index (κ3) is 5.01. The predicted molar refractivity (Wildman–Crippen MR) is 110 cm³/mol. The molecular formula is C19H19Cl2FN2O4S. The maximum Gasteiger partial charge on any atom is 0.246 e. The molecule has 0 atom stereocenters. The Labute approximate surface area is 178 Å². The molecule has 10 heteroatoms. The van der Waals surface area contributed by atoms with Gasteiger partial charge in [-0.05, 0) is 49.2 Å². The number of methoxy groups -OCH3 is 1. The van der Waals surface area contributed by atoms with Gasteiger partial charge in [0.2, 0.25) is 15.9 Å². The first-order valence-corrected chi connectivity index (χ1v) is 11.0. The van der Waals surface area contributed by atoms with Crippen LogP contribution >= 0.6 is 23.2 Å². The molecule has 1 aliphatic rings. The summed E-state index contributed by atoms with van der Waals surface area (Å²) in [5.41, 5.74) is 0.479. The molecule has 2 aromatic carbocycles. The third-order valence-electron chi connectivity index (χ3n) is 4.70. The van der Waals surface area contributed by atoms with Crippen molar-refractivity contribution in [1.82, 2.24) is 4.31 Å². The van der Waals surface area contributed by atoms with Gasteiger partial charge in [0.1, 0.15) is 16.5 Å². The number of nitrogens with one attached hydrogen (secondary N) is 1. The number of benzene rings is 2. The molecule has 0 bridgehead atoms. The van der Waals surface area contributed by atoms with E-state index in [0.717, 1.165) is 12.1 Å². The van der Waals surface area contributed by atoms with Crippen LogP contribution in [0.1, 0.15) is 12.8 Å². The molecule has 0 radical (unpaired) electrons. The molecule has 6 nitrogen and oxygen atoms in total. The van der Waals surface area contributed by atoms with Crippen LogP contribution < -0.4 is 10.1 Å². The molecule has 0 saturated carbocycles. The van der Waals surface area contributed by atoms with E-state index in [1.807, 2.05) is 0 Å². The molecule has 1 heterocycles. The zero-order valence-corrected chi connectivity index (χ0v) is 17.8. The number of carbonyl (C=O) groups excluding carboxylic acids is 1. The monoisotopic (exact) mass is 460 g/mol. The molecule has 0 unspecified atom stereocenters. The van der Waals surface area contributed by atoms with Crippen LogP contribution in [0, 0.1) is 11.7 Å². The van der Waals surface area contributed by atoms with Gasteiger partial charge in [-0.1, -0.05) is 23.2 Å². The van der Waals surface area contributed by atoms with E-state index in [0.29, 0.717) is 28.6 Å². The number of amides is 1. The molecule has 1 N–H and O–H groups in total. The Balaban J connectivity index is 1.68. The molecule has 1 fully saturated rings. The highest BCUT2D eigenvalue weighted by molar-refractivity contribution is 7.89. The fraction of sp³-hybridized carbons (Fsp3) is 0.316. The van der Waals surface area contributed by atoms with Crippen LogP contribution in [0.25, 0.3) is 0 Å². The lowest BCUT2D eigenvalue weighted by Crippen LogP contribution is -2.41. The van der Waals surface area contributed by atoms with Crippen molar-refractivity contribution >= 4 is 44.8 Å². The van der Waals surface area contributed by atoms with Gasteiger partial charge < -0.3 is 10.1 Å². The van der Waals surface area contributed by atoms with Crippen molar-refractivity contribution in [3.8, 4) is 5.75 Å². The minimum atomic E-state index is -3.94. The first-order valence-electron chi connectivity index (χ1n) is 8.81. The zero-order valence-electron chi connectivity index (χ0n) is 15.5. The van der Waals surface area contributed by atoms with Gasteiger partial charge in [0.25, 0.3) is 0 Å². The van der Waals surface area contributed by atoms with Crippen molar-refractivity contribution in [2.24, 2.45) is 5.92 Å². The molecule has 0 aromatic heterocycles. The highest BCUT2D eigenvalue weighted by Crippen LogP contribution is 2.31. The standard InChI is InChI=1S/C19H19Cl2FN2O4S/c1-28-17-3-2-15(22)11-18(17)29(26,27)24-6-4-12(5-7-24)19(25)23-16-9-13(20)8-14(21)10-16/h2-3,8-12H,4-7H2,1H3,(H,23,25). The number of piperidine rings is 1. The summed E-state index contributed by atoms with van der Waals surface area (Å²) in [6.45, 7) is 0.271. The van der Waals surface area contributed by atoms with Crippen molar-refractivity contribution in [3.63, 3.8) is 0 Å². The van der Waals surface area contributed by atoms with E-state index in [1.165, 1.54) is 17.5 Å². The summed E-state index contributed by atoms with van der Waals surface area (Å²) in [6.07, 6.45) is 0.661. The van der Waals surface area contributed by atoms with E-state index in [9.17, 15) is 17.6 Å². The Morgan fingerprint density at radius 1 is 1.14 bits per heavy atom. The maximum absolute atomic E-state index is 13.6. The SMILES string of the molecule is COc1ccc(F)cc1S(=O)(=O)N1CCC(C(=O)Nc2cc(Cl)cc(Cl)c2)CC1. The van der Waals surface area contributed by atoms with Crippen molar-refractivity contribution in [1.29, 1.82) is 0 Å². The predicted octanol–water partition coefficient (Wildman–Crippen LogP) is 4.18. The number of hydrogen-bond acceptors (Lipinski definition) is 4. The number of anilines is 1. The average Bonchev–Trinajstić information content (AvgIpc) is 2.67. The van der Waals surface area contributed by atoms with E-state index < -0.39 is 15.8 Å². The van der Waals surface area contributed by atoms with Crippen molar-refractivity contribution in [3.05, 3.63) is 52.3 Å². The van der Waals surface area contributed by atoms with Gasteiger partial charge in [-0.3, -0.25) is 4.79 Å². The van der Waals surface area contributed by atoms with Gasteiger partial charge in [0, 0.05) is 34.7 Å². The van der Waals surface area contributed by atoms with Crippen LogP contribution in [0.5, 0.6) is 5.75 Å². The van der Waals surface area contributed by atoms with E-state index >= 15 is 0 Å². The van der Waals surface area contributed by atoms with Crippen LogP contribution in [-0.2, 0) is 14.8 Å². The Kier molecular flexibility index (Phi) is 6.68. The lowest BCUT2D eigenvalue weighted by Gasteiger charge is -2.30. The Bertz CT molecular complexity index is 1000. The molecule has 0 aliphatic carbocycles. The highest BCUT2D eigenvalue weighted by atomic mass is 35.5. The number of rotatable bonds is 5. The van der Waals surface area contributed by atoms with Crippen LogP contribution in [0.3, 0.4) is 0 Å². The molecular weight excluding hydrogens is 442 g/mol.